The summed E-state index contributed by atoms with van der Waals surface area (Å²) in [6, 6.07) is 21.1. The smallest absolute Gasteiger partial charge is 0.238 e. The van der Waals surface area contributed by atoms with E-state index in [0.717, 1.165) is 17.5 Å². The lowest BCUT2D eigenvalue weighted by molar-refractivity contribution is -0.133. The Balaban J connectivity index is 1.34. The molecule has 0 aliphatic heterocycles. The lowest BCUT2D eigenvalue weighted by atomic mass is 9.94. The molecule has 2 amide bonds. The Morgan fingerprint density at radius 3 is 2.06 bits per heavy atom. The van der Waals surface area contributed by atoms with Crippen LogP contribution in [0.5, 0.6) is 0 Å². The molecule has 4 rings (SSSR count). The third-order valence-corrected chi connectivity index (χ3v) is 7.67. The quantitative estimate of drug-likeness (QED) is 0.412. The lowest BCUT2D eigenvalue weighted by Crippen LogP contribution is -2.39. The summed E-state index contributed by atoms with van der Waals surface area (Å²) in [5.41, 5.74) is 3.00. The Hall–Kier alpha value is -3.20. The molecule has 1 saturated carbocycles. The van der Waals surface area contributed by atoms with Crippen LogP contribution >= 0.6 is 11.6 Å². The van der Waals surface area contributed by atoms with Crippen molar-refractivity contribution >= 4 is 33.4 Å². The van der Waals surface area contributed by atoms with Gasteiger partial charge < -0.3 is 10.6 Å². The first-order chi connectivity index (χ1) is 17.2. The number of nitrogens with two attached hydrogens (primary N) is 1. The first-order valence-corrected chi connectivity index (χ1v) is 13.7. The molecule has 2 atom stereocenters. The first kappa shape index (κ1) is 25.9. The molecule has 36 heavy (non-hydrogen) atoms. The van der Waals surface area contributed by atoms with E-state index >= 15 is 0 Å². The third-order valence-electron chi connectivity index (χ3n) is 6.47. The van der Waals surface area contributed by atoms with Gasteiger partial charge in [-0.1, -0.05) is 72.6 Å². The number of nitrogens with one attached hydrogen (secondary N) is 2. The highest BCUT2D eigenvalue weighted by molar-refractivity contribution is 7.89. The van der Waals surface area contributed by atoms with Crippen LogP contribution in [-0.2, 0) is 32.7 Å². The number of amides is 2. The molecule has 4 N–H and O–H groups in total. The highest BCUT2D eigenvalue weighted by Crippen LogP contribution is 2.32. The maximum Gasteiger partial charge on any atom is 0.238 e. The number of hydrogen-bond acceptors (Lipinski definition) is 4. The summed E-state index contributed by atoms with van der Waals surface area (Å²) in [6.45, 7) is 0.675. The van der Waals surface area contributed by atoms with Gasteiger partial charge in [0, 0.05) is 35.5 Å². The Labute approximate surface area is 216 Å². The van der Waals surface area contributed by atoms with E-state index in [4.69, 9.17) is 16.7 Å². The van der Waals surface area contributed by atoms with Gasteiger partial charge in [0.25, 0.3) is 0 Å². The van der Waals surface area contributed by atoms with E-state index in [0.29, 0.717) is 42.1 Å². The molecule has 0 heterocycles. The summed E-state index contributed by atoms with van der Waals surface area (Å²) in [5, 5.41) is 11.8. The number of hydrogen-bond donors (Lipinski definition) is 3. The van der Waals surface area contributed by atoms with Gasteiger partial charge in [0.05, 0.1) is 4.90 Å². The van der Waals surface area contributed by atoms with Crippen molar-refractivity contribution < 1.29 is 18.0 Å². The number of benzene rings is 3. The summed E-state index contributed by atoms with van der Waals surface area (Å²) in [5.74, 6) is -0.990. The van der Waals surface area contributed by atoms with Crippen molar-refractivity contribution in [2.45, 2.75) is 37.2 Å². The van der Waals surface area contributed by atoms with Gasteiger partial charge in [0.1, 0.15) is 0 Å². The van der Waals surface area contributed by atoms with Crippen LogP contribution in [0.3, 0.4) is 0 Å². The van der Waals surface area contributed by atoms with Gasteiger partial charge in [-0.25, -0.2) is 13.6 Å². The molecule has 9 heteroatoms. The SMILES string of the molecule is NS(=O)(=O)c1ccccc1-c1ccc(CNC(=O)C2CCC[C@H]2C(=O)NCc2cccc(Cl)c2)cc1. The van der Waals surface area contributed by atoms with Gasteiger partial charge in [0.2, 0.25) is 21.8 Å². The summed E-state index contributed by atoms with van der Waals surface area (Å²) >= 11 is 6.01. The minimum atomic E-state index is -3.85. The van der Waals surface area contributed by atoms with Crippen molar-refractivity contribution in [1.29, 1.82) is 0 Å². The van der Waals surface area contributed by atoms with Crippen molar-refractivity contribution in [3.8, 4) is 11.1 Å². The monoisotopic (exact) mass is 525 g/mol. The number of rotatable bonds is 8. The molecule has 3 aromatic rings. The van der Waals surface area contributed by atoms with Crippen LogP contribution in [0.15, 0.2) is 77.7 Å². The average Bonchev–Trinajstić information content (AvgIpc) is 3.36. The highest BCUT2D eigenvalue weighted by atomic mass is 35.5. The lowest BCUT2D eigenvalue weighted by Gasteiger charge is -2.19. The van der Waals surface area contributed by atoms with Crippen LogP contribution in [0, 0.1) is 11.8 Å². The molecule has 7 nitrogen and oxygen atoms in total. The minimum absolute atomic E-state index is 0.0620. The van der Waals surface area contributed by atoms with Gasteiger partial charge in [-0.05, 0) is 47.7 Å². The van der Waals surface area contributed by atoms with E-state index in [-0.39, 0.29) is 28.5 Å². The molecule has 188 valence electrons. The molecular weight excluding hydrogens is 498 g/mol. The maximum absolute atomic E-state index is 12.9. The zero-order valence-corrected chi connectivity index (χ0v) is 21.2. The van der Waals surface area contributed by atoms with Crippen molar-refractivity contribution in [2.24, 2.45) is 17.0 Å². The number of carbonyl (C=O) groups excluding carboxylic acids is 2. The first-order valence-electron chi connectivity index (χ1n) is 11.7. The highest BCUT2D eigenvalue weighted by Gasteiger charge is 2.37. The molecule has 1 aliphatic rings. The fourth-order valence-electron chi connectivity index (χ4n) is 4.63. The van der Waals surface area contributed by atoms with Gasteiger partial charge >= 0.3 is 0 Å². The molecule has 0 saturated heterocycles. The summed E-state index contributed by atoms with van der Waals surface area (Å²) in [7, 11) is -3.85. The Morgan fingerprint density at radius 2 is 1.44 bits per heavy atom. The molecule has 0 spiro atoms. The summed E-state index contributed by atoms with van der Waals surface area (Å²) < 4.78 is 23.8. The molecule has 0 radical (unpaired) electrons. The van der Waals surface area contributed by atoms with Gasteiger partial charge in [-0.3, -0.25) is 9.59 Å². The topological polar surface area (TPSA) is 118 Å². The zero-order valence-electron chi connectivity index (χ0n) is 19.6. The molecule has 1 fully saturated rings. The molecule has 1 aliphatic carbocycles. The zero-order chi connectivity index (χ0) is 25.7. The maximum atomic E-state index is 12.9. The van der Waals surface area contributed by atoms with Gasteiger partial charge in [-0.2, -0.15) is 0 Å². The Kier molecular flexibility index (Phi) is 8.08. The van der Waals surface area contributed by atoms with E-state index in [1.165, 1.54) is 6.07 Å². The second kappa shape index (κ2) is 11.2. The van der Waals surface area contributed by atoms with Crippen LogP contribution in [0.25, 0.3) is 11.1 Å². The minimum Gasteiger partial charge on any atom is -0.352 e. The van der Waals surface area contributed by atoms with Crippen LogP contribution in [0.2, 0.25) is 5.02 Å². The van der Waals surface area contributed by atoms with Crippen molar-refractivity contribution in [3.63, 3.8) is 0 Å². The molecule has 1 unspecified atom stereocenters. The summed E-state index contributed by atoms with van der Waals surface area (Å²) in [6.07, 6.45) is 2.17. The predicted molar refractivity (Wildman–Crippen MR) is 139 cm³/mol. The molecular formula is C27H28ClN3O4S. The van der Waals surface area contributed by atoms with Crippen molar-refractivity contribution in [2.75, 3.05) is 0 Å². The summed E-state index contributed by atoms with van der Waals surface area (Å²) in [4.78, 5) is 25.8. The average molecular weight is 526 g/mol. The molecule has 3 aromatic carbocycles. The van der Waals surface area contributed by atoms with E-state index in [1.54, 1.807) is 42.5 Å². The van der Waals surface area contributed by atoms with Crippen molar-refractivity contribution in [3.05, 3.63) is 88.9 Å². The number of sulfonamides is 1. The molecule has 0 bridgehead atoms. The Morgan fingerprint density at radius 1 is 0.833 bits per heavy atom. The van der Waals surface area contributed by atoms with E-state index in [2.05, 4.69) is 10.6 Å². The number of carbonyl (C=O) groups is 2. The van der Waals surface area contributed by atoms with Gasteiger partial charge in [0.15, 0.2) is 0 Å². The van der Waals surface area contributed by atoms with Crippen molar-refractivity contribution in [1.82, 2.24) is 10.6 Å². The van der Waals surface area contributed by atoms with Crippen LogP contribution in [-0.4, -0.2) is 20.2 Å². The van der Waals surface area contributed by atoms with Crippen LogP contribution in [0.1, 0.15) is 30.4 Å². The van der Waals surface area contributed by atoms with E-state index in [1.807, 2.05) is 24.3 Å². The number of halogens is 1. The fraction of sp³-hybridized carbons (Fsp3) is 0.259. The number of primary sulfonamides is 1. The second-order valence-electron chi connectivity index (χ2n) is 8.95. The standard InChI is InChI=1S/C27H28ClN3O4S/c28-21-6-3-5-19(15-21)17-31-27(33)24-9-4-8-23(24)26(32)30-16-18-11-13-20(14-12-18)22-7-1-2-10-25(22)36(29,34)35/h1-3,5-7,10-15,23-24H,4,8-9,16-17H2,(H,30,32)(H,31,33)(H2,29,34,35)/t23?,24-/m1/s1. The Bertz CT molecular complexity index is 1360. The predicted octanol–water partition coefficient (Wildman–Crippen LogP) is 4.00. The van der Waals surface area contributed by atoms with Crippen LogP contribution < -0.4 is 15.8 Å². The van der Waals surface area contributed by atoms with Crippen LogP contribution in [0.4, 0.5) is 0 Å². The largest absolute Gasteiger partial charge is 0.352 e. The second-order valence-corrected chi connectivity index (χ2v) is 10.9. The van der Waals surface area contributed by atoms with Gasteiger partial charge in [-0.15, -0.1) is 0 Å². The van der Waals surface area contributed by atoms with E-state index < -0.39 is 10.0 Å². The third kappa shape index (κ3) is 6.32. The van der Waals surface area contributed by atoms with E-state index in [9.17, 15) is 18.0 Å². The normalized spacial score (nSPS) is 17.5. The molecule has 0 aromatic heterocycles. The fourth-order valence-corrected chi connectivity index (χ4v) is 5.60.